The van der Waals surface area contributed by atoms with Gasteiger partial charge in [-0.2, -0.15) is 5.10 Å². The van der Waals surface area contributed by atoms with Crippen molar-refractivity contribution >= 4 is 17.5 Å². The Morgan fingerprint density at radius 1 is 1.10 bits per heavy atom. The van der Waals surface area contributed by atoms with Crippen LogP contribution in [0, 0.1) is 0 Å². The van der Waals surface area contributed by atoms with Gasteiger partial charge in [-0.05, 0) is 42.8 Å². The Balaban J connectivity index is 1.78. The molecule has 3 rings (SSSR count). The van der Waals surface area contributed by atoms with Gasteiger partial charge in [-0.25, -0.2) is 0 Å². The van der Waals surface area contributed by atoms with E-state index in [1.165, 1.54) is 7.11 Å². The molecule has 0 saturated heterocycles. The standard InChI is InChI=1S/C22H25N5O3/c1-27-19(15-7-4-3-5-8-15)14-18(26-27)22(29)25-16-9-10-20(30-2)17(13-16)21(28)24-12-6-11-23/h3-5,7-10,13-14H,6,11-12,23H2,1-2H3,(H,24,28)(H,25,29). The number of amides is 2. The van der Waals surface area contributed by atoms with Gasteiger partial charge >= 0.3 is 0 Å². The number of benzene rings is 2. The number of hydrogen-bond donors (Lipinski definition) is 3. The Morgan fingerprint density at radius 2 is 1.87 bits per heavy atom. The van der Waals surface area contributed by atoms with E-state index < -0.39 is 0 Å². The van der Waals surface area contributed by atoms with Crippen molar-refractivity contribution in [3.05, 3.63) is 65.9 Å². The fourth-order valence-corrected chi connectivity index (χ4v) is 3.01. The molecule has 1 heterocycles. The number of anilines is 1. The van der Waals surface area contributed by atoms with Crippen molar-refractivity contribution in [1.29, 1.82) is 0 Å². The molecule has 0 saturated carbocycles. The third-order valence-corrected chi connectivity index (χ3v) is 4.55. The van der Waals surface area contributed by atoms with Gasteiger partial charge in [0.15, 0.2) is 5.69 Å². The number of rotatable bonds is 8. The molecule has 30 heavy (non-hydrogen) atoms. The summed E-state index contributed by atoms with van der Waals surface area (Å²) in [6.45, 7) is 0.952. The third-order valence-electron chi connectivity index (χ3n) is 4.55. The molecule has 0 aliphatic heterocycles. The number of aromatic nitrogens is 2. The Morgan fingerprint density at radius 3 is 2.57 bits per heavy atom. The van der Waals surface area contributed by atoms with Gasteiger partial charge in [-0.1, -0.05) is 30.3 Å². The van der Waals surface area contributed by atoms with Gasteiger partial charge in [-0.3, -0.25) is 14.3 Å². The molecular formula is C22H25N5O3. The van der Waals surface area contributed by atoms with E-state index in [2.05, 4.69) is 15.7 Å². The maximum atomic E-state index is 12.7. The molecule has 0 aliphatic carbocycles. The van der Waals surface area contributed by atoms with Crippen LogP contribution in [0.5, 0.6) is 5.75 Å². The minimum atomic E-state index is -0.368. The summed E-state index contributed by atoms with van der Waals surface area (Å²) in [6, 6.07) is 16.3. The lowest BCUT2D eigenvalue weighted by Crippen LogP contribution is -2.26. The van der Waals surface area contributed by atoms with E-state index in [-0.39, 0.29) is 17.5 Å². The lowest BCUT2D eigenvalue weighted by atomic mass is 10.1. The first-order valence-corrected chi connectivity index (χ1v) is 9.60. The first-order chi connectivity index (χ1) is 14.5. The molecule has 0 radical (unpaired) electrons. The van der Waals surface area contributed by atoms with Gasteiger partial charge in [0.25, 0.3) is 11.8 Å². The molecule has 0 atom stereocenters. The summed E-state index contributed by atoms with van der Waals surface area (Å²) in [5.41, 5.74) is 8.34. The van der Waals surface area contributed by atoms with Crippen LogP contribution in [0.15, 0.2) is 54.6 Å². The SMILES string of the molecule is COc1ccc(NC(=O)c2cc(-c3ccccc3)n(C)n2)cc1C(=O)NCCCN. The van der Waals surface area contributed by atoms with Crippen molar-refractivity contribution in [3.63, 3.8) is 0 Å². The molecule has 2 amide bonds. The van der Waals surface area contributed by atoms with E-state index in [0.717, 1.165) is 11.3 Å². The number of carbonyl (C=O) groups excluding carboxylic acids is 2. The smallest absolute Gasteiger partial charge is 0.276 e. The molecular weight excluding hydrogens is 382 g/mol. The van der Waals surface area contributed by atoms with Crippen LogP contribution >= 0.6 is 0 Å². The Hall–Kier alpha value is -3.65. The maximum absolute atomic E-state index is 12.7. The summed E-state index contributed by atoms with van der Waals surface area (Å²) in [6.07, 6.45) is 0.675. The van der Waals surface area contributed by atoms with Crippen molar-refractivity contribution in [3.8, 4) is 17.0 Å². The lowest BCUT2D eigenvalue weighted by molar-refractivity contribution is 0.0949. The van der Waals surface area contributed by atoms with Gasteiger partial charge in [0.05, 0.1) is 18.4 Å². The molecule has 1 aromatic heterocycles. The molecule has 4 N–H and O–H groups in total. The minimum Gasteiger partial charge on any atom is -0.496 e. The molecule has 2 aromatic carbocycles. The first-order valence-electron chi connectivity index (χ1n) is 9.60. The molecule has 8 nitrogen and oxygen atoms in total. The zero-order valence-corrected chi connectivity index (χ0v) is 17.0. The summed E-state index contributed by atoms with van der Waals surface area (Å²) in [5.74, 6) is -0.240. The van der Waals surface area contributed by atoms with E-state index >= 15 is 0 Å². The molecule has 0 spiro atoms. The van der Waals surface area contributed by atoms with E-state index in [9.17, 15) is 9.59 Å². The summed E-state index contributed by atoms with van der Waals surface area (Å²) in [7, 11) is 3.28. The summed E-state index contributed by atoms with van der Waals surface area (Å²) in [5, 5.41) is 9.90. The number of hydrogen-bond acceptors (Lipinski definition) is 5. The third kappa shape index (κ3) is 4.84. The molecule has 0 aliphatic rings. The summed E-state index contributed by atoms with van der Waals surface area (Å²) in [4.78, 5) is 25.2. The van der Waals surface area contributed by atoms with E-state index in [0.29, 0.717) is 36.5 Å². The second kappa shape index (κ2) is 9.71. The zero-order chi connectivity index (χ0) is 21.5. The van der Waals surface area contributed by atoms with Gasteiger partial charge in [0, 0.05) is 19.3 Å². The average molecular weight is 407 g/mol. The van der Waals surface area contributed by atoms with Crippen LogP contribution in [0.3, 0.4) is 0 Å². The lowest BCUT2D eigenvalue weighted by Gasteiger charge is -2.11. The predicted molar refractivity (Wildman–Crippen MR) is 116 cm³/mol. The van der Waals surface area contributed by atoms with E-state index in [1.54, 1.807) is 36.0 Å². The fraction of sp³-hybridized carbons (Fsp3) is 0.227. The predicted octanol–water partition coefficient (Wildman–Crippen LogP) is 2.43. The van der Waals surface area contributed by atoms with Crippen molar-refractivity contribution in [1.82, 2.24) is 15.1 Å². The highest BCUT2D eigenvalue weighted by Crippen LogP contribution is 2.24. The highest BCUT2D eigenvalue weighted by Gasteiger charge is 2.17. The van der Waals surface area contributed by atoms with Crippen molar-refractivity contribution in [2.45, 2.75) is 6.42 Å². The molecule has 8 heteroatoms. The molecule has 0 unspecified atom stereocenters. The quantitative estimate of drug-likeness (QED) is 0.497. The zero-order valence-electron chi connectivity index (χ0n) is 17.0. The maximum Gasteiger partial charge on any atom is 0.276 e. The Kier molecular flexibility index (Phi) is 6.82. The molecule has 0 fully saturated rings. The second-order valence-corrected chi connectivity index (χ2v) is 6.67. The number of aryl methyl sites for hydroxylation is 1. The Bertz CT molecular complexity index is 1030. The summed E-state index contributed by atoms with van der Waals surface area (Å²) >= 11 is 0. The van der Waals surface area contributed by atoms with Crippen LogP contribution in [-0.4, -0.2) is 41.8 Å². The van der Waals surface area contributed by atoms with Crippen LogP contribution in [0.25, 0.3) is 11.3 Å². The number of methoxy groups -OCH3 is 1. The van der Waals surface area contributed by atoms with Crippen LogP contribution in [0.1, 0.15) is 27.3 Å². The second-order valence-electron chi connectivity index (χ2n) is 6.67. The van der Waals surface area contributed by atoms with Crippen LogP contribution in [0.2, 0.25) is 0 Å². The molecule has 0 bridgehead atoms. The number of ether oxygens (including phenoxy) is 1. The van der Waals surface area contributed by atoms with Crippen LogP contribution in [0.4, 0.5) is 5.69 Å². The number of nitrogens with one attached hydrogen (secondary N) is 2. The van der Waals surface area contributed by atoms with E-state index in [4.69, 9.17) is 10.5 Å². The Labute approximate surface area is 175 Å². The number of nitrogens with zero attached hydrogens (tertiary/aromatic N) is 2. The van der Waals surface area contributed by atoms with Crippen molar-refractivity contribution in [2.75, 3.05) is 25.5 Å². The highest BCUT2D eigenvalue weighted by molar-refractivity contribution is 6.05. The first kappa shape index (κ1) is 21.1. The minimum absolute atomic E-state index is 0.279. The van der Waals surface area contributed by atoms with Gasteiger partial charge < -0.3 is 21.1 Å². The van der Waals surface area contributed by atoms with Crippen LogP contribution in [-0.2, 0) is 7.05 Å². The number of carbonyl (C=O) groups is 2. The van der Waals surface area contributed by atoms with Crippen LogP contribution < -0.4 is 21.1 Å². The average Bonchev–Trinajstić information content (AvgIpc) is 3.16. The fourth-order valence-electron chi connectivity index (χ4n) is 3.01. The topological polar surface area (TPSA) is 111 Å². The monoisotopic (exact) mass is 407 g/mol. The van der Waals surface area contributed by atoms with E-state index in [1.807, 2.05) is 30.3 Å². The van der Waals surface area contributed by atoms with Crippen molar-refractivity contribution in [2.24, 2.45) is 12.8 Å². The molecule has 3 aromatic rings. The van der Waals surface area contributed by atoms with Crippen molar-refractivity contribution < 1.29 is 14.3 Å². The summed E-state index contributed by atoms with van der Waals surface area (Å²) < 4.78 is 6.93. The highest BCUT2D eigenvalue weighted by atomic mass is 16.5. The van der Waals surface area contributed by atoms with Gasteiger partial charge in [0.2, 0.25) is 0 Å². The largest absolute Gasteiger partial charge is 0.496 e. The number of nitrogens with two attached hydrogens (primary N) is 1. The molecule has 156 valence electrons. The van der Waals surface area contributed by atoms with Gasteiger partial charge in [0.1, 0.15) is 5.75 Å². The van der Waals surface area contributed by atoms with Gasteiger partial charge in [-0.15, -0.1) is 0 Å². The normalized spacial score (nSPS) is 10.5.